The molecule has 2 aromatic rings. The van der Waals surface area contributed by atoms with E-state index in [2.05, 4.69) is 33.9 Å². The molecule has 176 valence electrons. The summed E-state index contributed by atoms with van der Waals surface area (Å²) in [6.45, 7) is 6.92. The minimum Gasteiger partial charge on any atom is -0.453 e. The number of hydrogen-bond acceptors (Lipinski definition) is 6. The van der Waals surface area contributed by atoms with E-state index in [9.17, 15) is 10.1 Å². The molecule has 1 aromatic heterocycles. The highest BCUT2D eigenvalue weighted by Crippen LogP contribution is 2.38. The molecule has 1 aromatic carbocycles. The van der Waals surface area contributed by atoms with Crippen molar-refractivity contribution in [2.45, 2.75) is 46.1 Å². The number of nitrogens with zero attached hydrogens (tertiary/aromatic N) is 4. The van der Waals surface area contributed by atoms with Crippen LogP contribution in [0.2, 0.25) is 0 Å². The molecule has 1 heterocycles. The zero-order valence-electron chi connectivity index (χ0n) is 19.8. The molecule has 0 saturated heterocycles. The summed E-state index contributed by atoms with van der Waals surface area (Å²) in [4.78, 5) is 18.7. The maximum Gasteiger partial charge on any atom is 0.409 e. The van der Waals surface area contributed by atoms with E-state index < -0.39 is 0 Å². The second-order valence-electron chi connectivity index (χ2n) is 9.10. The quantitative estimate of drug-likeness (QED) is 0.443. The van der Waals surface area contributed by atoms with Gasteiger partial charge in [-0.05, 0) is 56.2 Å². The average Bonchev–Trinajstić information content (AvgIpc) is 3.21. The number of nitrogens with two attached hydrogens (primary N) is 1. The highest BCUT2D eigenvalue weighted by molar-refractivity contribution is 5.77. The molecule has 1 amide bonds. The molecule has 33 heavy (non-hydrogen) atoms. The topological polar surface area (TPSA) is 109 Å². The van der Waals surface area contributed by atoms with Crippen LogP contribution in [0.4, 0.5) is 4.79 Å². The van der Waals surface area contributed by atoms with Crippen LogP contribution >= 0.6 is 0 Å². The number of aromatic nitrogens is 2. The zero-order chi connectivity index (χ0) is 23.8. The van der Waals surface area contributed by atoms with Crippen molar-refractivity contribution in [1.29, 1.82) is 5.26 Å². The van der Waals surface area contributed by atoms with E-state index in [0.717, 1.165) is 55.5 Å². The molecular formula is C25H34N6O2. The molecule has 0 fully saturated rings. The lowest BCUT2D eigenvalue weighted by Gasteiger charge is -2.36. The first-order valence-corrected chi connectivity index (χ1v) is 11.4. The monoisotopic (exact) mass is 450 g/mol. The molecule has 0 aliphatic heterocycles. The van der Waals surface area contributed by atoms with Gasteiger partial charge in [0.1, 0.15) is 0 Å². The highest BCUT2D eigenvalue weighted by Gasteiger charge is 2.30. The minimum atomic E-state index is -0.307. The molecule has 0 spiro atoms. The van der Waals surface area contributed by atoms with Gasteiger partial charge in [-0.25, -0.2) is 9.78 Å². The Kier molecular flexibility index (Phi) is 7.99. The minimum absolute atomic E-state index is 0.0345. The number of nitrogens with one attached hydrogen (secondary N) is 1. The van der Waals surface area contributed by atoms with Crippen LogP contribution in [0, 0.1) is 16.7 Å². The van der Waals surface area contributed by atoms with Gasteiger partial charge in [-0.1, -0.05) is 18.6 Å². The smallest absolute Gasteiger partial charge is 0.409 e. The molecule has 1 atom stereocenters. The summed E-state index contributed by atoms with van der Waals surface area (Å²) >= 11 is 0. The van der Waals surface area contributed by atoms with Crippen molar-refractivity contribution >= 4 is 17.1 Å². The Morgan fingerprint density at radius 2 is 2.30 bits per heavy atom. The van der Waals surface area contributed by atoms with Gasteiger partial charge in [0.15, 0.2) is 0 Å². The second-order valence-corrected chi connectivity index (χ2v) is 9.10. The van der Waals surface area contributed by atoms with Crippen molar-refractivity contribution in [2.24, 2.45) is 11.1 Å². The largest absolute Gasteiger partial charge is 0.453 e. The summed E-state index contributed by atoms with van der Waals surface area (Å²) in [5.41, 5.74) is 10.2. The first kappa shape index (κ1) is 24.2. The van der Waals surface area contributed by atoms with Gasteiger partial charge in [-0.3, -0.25) is 0 Å². The van der Waals surface area contributed by atoms with Crippen molar-refractivity contribution in [3.05, 3.63) is 53.6 Å². The Balaban J connectivity index is 1.66. The maximum atomic E-state index is 12.4. The van der Waals surface area contributed by atoms with Crippen molar-refractivity contribution in [3.63, 3.8) is 0 Å². The highest BCUT2D eigenvalue weighted by atomic mass is 16.5. The van der Waals surface area contributed by atoms with Gasteiger partial charge in [-0.15, -0.1) is 0 Å². The Morgan fingerprint density at radius 1 is 1.48 bits per heavy atom. The number of benzene rings is 1. The first-order valence-electron chi connectivity index (χ1n) is 11.4. The third-order valence-corrected chi connectivity index (χ3v) is 6.22. The fourth-order valence-electron chi connectivity index (χ4n) is 4.48. The molecule has 0 saturated carbocycles. The molecule has 0 radical (unpaired) electrons. The van der Waals surface area contributed by atoms with Gasteiger partial charge in [0.05, 0.1) is 36.1 Å². The Hall–Kier alpha value is -3.47. The average molecular weight is 451 g/mol. The fourth-order valence-corrected chi connectivity index (χ4v) is 4.48. The number of carbonyl (C=O) groups excluding carboxylic acids is 1. The van der Waals surface area contributed by atoms with Gasteiger partial charge < -0.3 is 25.3 Å². The Bertz CT molecular complexity index is 1080. The van der Waals surface area contributed by atoms with Crippen LogP contribution in [0.3, 0.4) is 0 Å². The van der Waals surface area contributed by atoms with Gasteiger partial charge in [0.25, 0.3) is 0 Å². The van der Waals surface area contributed by atoms with Gasteiger partial charge >= 0.3 is 6.09 Å². The van der Waals surface area contributed by atoms with Crippen LogP contribution in [0.25, 0.3) is 11.0 Å². The predicted molar refractivity (Wildman–Crippen MR) is 129 cm³/mol. The van der Waals surface area contributed by atoms with Crippen LogP contribution in [-0.2, 0) is 11.3 Å². The van der Waals surface area contributed by atoms with Gasteiger partial charge in [0, 0.05) is 38.1 Å². The Morgan fingerprint density at radius 3 is 3.03 bits per heavy atom. The summed E-state index contributed by atoms with van der Waals surface area (Å²) < 4.78 is 7.18. The van der Waals surface area contributed by atoms with E-state index in [1.165, 1.54) is 18.9 Å². The molecule has 1 unspecified atom stereocenters. The van der Waals surface area contributed by atoms with Crippen LogP contribution < -0.4 is 11.1 Å². The SMILES string of the molecule is COC(=O)N(CCCN/C(C)=C\N)CC1=CCCC(C)(Cn2cnc3ccc(C#N)cc32)C1. The van der Waals surface area contributed by atoms with E-state index in [1.807, 2.05) is 25.4 Å². The van der Waals surface area contributed by atoms with E-state index in [-0.39, 0.29) is 11.5 Å². The molecule has 0 bridgehead atoms. The zero-order valence-corrected chi connectivity index (χ0v) is 19.8. The number of allylic oxidation sites excluding steroid dienone is 2. The number of nitriles is 1. The van der Waals surface area contributed by atoms with E-state index in [0.29, 0.717) is 18.7 Å². The summed E-state index contributed by atoms with van der Waals surface area (Å²) in [5, 5.41) is 12.5. The standard InChI is InChI=1S/C25H34N6O2/c1-19(14-26)28-10-5-11-30(24(32)33-3)16-21-6-4-9-25(2,13-21)17-31-18-29-22-8-7-20(15-27)12-23(22)31/h6-8,12,14,18,28H,4-5,9-11,13,16-17,26H2,1-3H3/b19-14-. The van der Waals surface area contributed by atoms with Crippen LogP contribution in [-0.4, -0.2) is 47.3 Å². The lowest BCUT2D eigenvalue weighted by Crippen LogP contribution is -2.37. The molecule has 1 aliphatic rings. The summed E-state index contributed by atoms with van der Waals surface area (Å²) in [6.07, 6.45) is 9.07. The number of methoxy groups -OCH3 is 1. The van der Waals surface area contributed by atoms with Crippen molar-refractivity contribution in [1.82, 2.24) is 19.8 Å². The molecule has 3 rings (SSSR count). The normalized spacial score (nSPS) is 18.5. The number of fused-ring (bicyclic) bond motifs is 1. The van der Waals surface area contributed by atoms with Crippen LogP contribution in [0.5, 0.6) is 0 Å². The van der Waals surface area contributed by atoms with Gasteiger partial charge in [0.2, 0.25) is 0 Å². The fraction of sp³-hybridized carbons (Fsp3) is 0.480. The summed E-state index contributed by atoms with van der Waals surface area (Å²) in [6, 6.07) is 7.81. The lowest BCUT2D eigenvalue weighted by atomic mass is 9.75. The van der Waals surface area contributed by atoms with Crippen molar-refractivity contribution < 1.29 is 9.53 Å². The lowest BCUT2D eigenvalue weighted by molar-refractivity contribution is 0.124. The number of carbonyl (C=O) groups is 1. The first-order chi connectivity index (χ1) is 15.9. The Labute approximate surface area is 195 Å². The number of rotatable bonds is 9. The van der Waals surface area contributed by atoms with E-state index in [4.69, 9.17) is 10.5 Å². The van der Waals surface area contributed by atoms with Crippen molar-refractivity contribution in [3.8, 4) is 6.07 Å². The van der Waals surface area contributed by atoms with Crippen molar-refractivity contribution in [2.75, 3.05) is 26.7 Å². The maximum absolute atomic E-state index is 12.4. The molecule has 8 nitrogen and oxygen atoms in total. The molecule has 3 N–H and O–H groups in total. The molecule has 1 aliphatic carbocycles. The summed E-state index contributed by atoms with van der Waals surface area (Å²) in [7, 11) is 1.42. The van der Waals surface area contributed by atoms with Crippen LogP contribution in [0.15, 0.2) is 48.1 Å². The number of ether oxygens (including phenoxy) is 1. The van der Waals surface area contributed by atoms with Crippen LogP contribution in [0.1, 0.15) is 45.1 Å². The number of hydrogen-bond donors (Lipinski definition) is 2. The number of imidazole rings is 1. The summed E-state index contributed by atoms with van der Waals surface area (Å²) in [5.74, 6) is 0. The third kappa shape index (κ3) is 6.28. The van der Waals surface area contributed by atoms with E-state index >= 15 is 0 Å². The number of amides is 1. The molecular weight excluding hydrogens is 416 g/mol. The molecule has 8 heteroatoms. The van der Waals surface area contributed by atoms with Gasteiger partial charge in [-0.2, -0.15) is 5.26 Å². The van der Waals surface area contributed by atoms with E-state index in [1.54, 1.807) is 11.0 Å². The predicted octanol–water partition coefficient (Wildman–Crippen LogP) is 3.89. The third-order valence-electron chi connectivity index (χ3n) is 6.22. The second kappa shape index (κ2) is 10.9.